The summed E-state index contributed by atoms with van der Waals surface area (Å²) in [6, 6.07) is 15.4. The van der Waals surface area contributed by atoms with Gasteiger partial charge >= 0.3 is 0 Å². The Balaban J connectivity index is 1.59. The molecule has 2 aromatic rings. The monoisotopic (exact) mass is 386 g/mol. The normalized spacial score (nSPS) is 14.0. The lowest BCUT2D eigenvalue weighted by molar-refractivity contribution is -0.117. The maximum absolute atomic E-state index is 12.2. The Morgan fingerprint density at radius 1 is 1.17 bits per heavy atom. The molecule has 0 bridgehead atoms. The van der Waals surface area contributed by atoms with Crippen molar-refractivity contribution in [3.05, 3.63) is 58.6 Å². The number of halogens is 1. The van der Waals surface area contributed by atoms with Gasteiger partial charge in [0.2, 0.25) is 11.8 Å². The van der Waals surface area contributed by atoms with Gasteiger partial charge in [0.25, 0.3) is 0 Å². The second-order valence-electron chi connectivity index (χ2n) is 5.88. The van der Waals surface area contributed by atoms with Crippen LogP contribution in [0.1, 0.15) is 24.8 Å². The van der Waals surface area contributed by atoms with Crippen LogP contribution in [0.4, 0.5) is 11.4 Å². The highest BCUT2D eigenvalue weighted by atomic mass is 79.9. The minimum absolute atomic E-state index is 0.0279. The highest BCUT2D eigenvalue weighted by Crippen LogP contribution is 2.24. The van der Waals surface area contributed by atoms with Crippen LogP contribution in [0, 0.1) is 0 Å². The summed E-state index contributed by atoms with van der Waals surface area (Å²) in [6.07, 6.45) is 2.60. The van der Waals surface area contributed by atoms with Crippen molar-refractivity contribution in [1.29, 1.82) is 0 Å². The van der Waals surface area contributed by atoms with E-state index in [0.717, 1.165) is 34.4 Å². The Morgan fingerprint density at radius 3 is 2.75 bits per heavy atom. The first kappa shape index (κ1) is 16.7. The van der Waals surface area contributed by atoms with E-state index in [1.807, 2.05) is 48.5 Å². The maximum atomic E-state index is 12.2. The predicted octanol–water partition coefficient (Wildman–Crippen LogP) is 4.15. The van der Waals surface area contributed by atoms with E-state index in [2.05, 4.69) is 21.2 Å². The fraction of sp³-hybridized carbons (Fsp3) is 0.263. The first-order valence-corrected chi connectivity index (χ1v) is 8.86. The minimum Gasteiger partial charge on any atom is -0.326 e. The Bertz CT molecular complexity index is 761. The number of nitrogens with zero attached hydrogens (tertiary/aromatic N) is 1. The molecule has 1 aliphatic heterocycles. The van der Waals surface area contributed by atoms with Crippen LogP contribution in [-0.2, 0) is 16.0 Å². The topological polar surface area (TPSA) is 49.4 Å². The van der Waals surface area contributed by atoms with Crippen LogP contribution in [0.25, 0.3) is 0 Å². The Labute approximate surface area is 150 Å². The highest BCUT2D eigenvalue weighted by molar-refractivity contribution is 9.10. The number of benzene rings is 2. The molecule has 0 atom stereocenters. The van der Waals surface area contributed by atoms with E-state index in [1.54, 1.807) is 4.90 Å². The van der Waals surface area contributed by atoms with Crippen LogP contribution in [0.5, 0.6) is 0 Å². The van der Waals surface area contributed by atoms with Gasteiger partial charge in [-0.15, -0.1) is 0 Å². The SMILES string of the molecule is O=C(CCc1cccc(Br)c1)Nc1cccc(N2CCCC2=O)c1. The van der Waals surface area contributed by atoms with E-state index in [-0.39, 0.29) is 11.8 Å². The second-order valence-corrected chi connectivity index (χ2v) is 6.79. The molecule has 0 radical (unpaired) electrons. The fourth-order valence-electron chi connectivity index (χ4n) is 2.85. The molecule has 0 saturated carbocycles. The number of rotatable bonds is 5. The van der Waals surface area contributed by atoms with Gasteiger partial charge in [-0.05, 0) is 48.7 Å². The maximum Gasteiger partial charge on any atom is 0.227 e. The lowest BCUT2D eigenvalue weighted by atomic mass is 10.1. The lowest BCUT2D eigenvalue weighted by Gasteiger charge is -2.16. The van der Waals surface area contributed by atoms with Crippen molar-refractivity contribution in [2.24, 2.45) is 0 Å². The molecule has 1 heterocycles. The van der Waals surface area contributed by atoms with Gasteiger partial charge in [0.15, 0.2) is 0 Å². The molecule has 1 fully saturated rings. The lowest BCUT2D eigenvalue weighted by Crippen LogP contribution is -2.23. The minimum atomic E-state index is -0.0279. The summed E-state index contributed by atoms with van der Waals surface area (Å²) < 4.78 is 1.02. The van der Waals surface area contributed by atoms with Crippen molar-refractivity contribution >= 4 is 39.1 Å². The molecule has 5 heteroatoms. The van der Waals surface area contributed by atoms with Crippen LogP contribution in [0.15, 0.2) is 53.0 Å². The van der Waals surface area contributed by atoms with Gasteiger partial charge in [-0.3, -0.25) is 9.59 Å². The summed E-state index contributed by atoms with van der Waals surface area (Å²) >= 11 is 3.44. The molecule has 0 aromatic heterocycles. The van der Waals surface area contributed by atoms with Crippen LogP contribution in [0.2, 0.25) is 0 Å². The molecule has 3 rings (SSSR count). The average molecular weight is 387 g/mol. The molecule has 2 amide bonds. The van der Waals surface area contributed by atoms with Crippen LogP contribution >= 0.6 is 15.9 Å². The van der Waals surface area contributed by atoms with E-state index in [9.17, 15) is 9.59 Å². The molecule has 0 aliphatic carbocycles. The molecule has 1 aliphatic rings. The van der Waals surface area contributed by atoms with E-state index in [4.69, 9.17) is 0 Å². The summed E-state index contributed by atoms with van der Waals surface area (Å²) in [7, 11) is 0. The quantitative estimate of drug-likeness (QED) is 0.838. The van der Waals surface area contributed by atoms with Crippen molar-refractivity contribution in [3.8, 4) is 0 Å². The standard InChI is InChI=1S/C19H19BrN2O2/c20-15-5-1-4-14(12-15)9-10-18(23)21-16-6-2-7-17(13-16)22-11-3-8-19(22)24/h1-2,4-7,12-13H,3,8-11H2,(H,21,23). The first-order valence-electron chi connectivity index (χ1n) is 8.06. The number of carbonyl (C=O) groups is 2. The first-order chi connectivity index (χ1) is 11.6. The average Bonchev–Trinajstić information content (AvgIpc) is 2.99. The van der Waals surface area contributed by atoms with Gasteiger partial charge in [0.05, 0.1) is 0 Å². The zero-order valence-electron chi connectivity index (χ0n) is 13.3. The van der Waals surface area contributed by atoms with E-state index in [0.29, 0.717) is 19.3 Å². The summed E-state index contributed by atoms with van der Waals surface area (Å²) in [6.45, 7) is 0.749. The molecular weight excluding hydrogens is 368 g/mol. The second kappa shape index (κ2) is 7.62. The van der Waals surface area contributed by atoms with E-state index < -0.39 is 0 Å². The van der Waals surface area contributed by atoms with Crippen molar-refractivity contribution < 1.29 is 9.59 Å². The molecule has 1 saturated heterocycles. The third-order valence-corrected chi connectivity index (χ3v) is 4.54. The summed E-state index contributed by atoms with van der Waals surface area (Å²) in [5.41, 5.74) is 2.70. The smallest absolute Gasteiger partial charge is 0.227 e. The van der Waals surface area contributed by atoms with E-state index >= 15 is 0 Å². The summed E-state index contributed by atoms with van der Waals surface area (Å²) in [5.74, 6) is 0.119. The molecule has 0 unspecified atom stereocenters. The zero-order chi connectivity index (χ0) is 16.9. The number of nitrogens with one attached hydrogen (secondary N) is 1. The van der Waals surface area contributed by atoms with Crippen molar-refractivity contribution in [1.82, 2.24) is 0 Å². The molecule has 4 nitrogen and oxygen atoms in total. The van der Waals surface area contributed by atoms with E-state index in [1.165, 1.54) is 0 Å². The molecule has 124 valence electrons. The van der Waals surface area contributed by atoms with Gasteiger partial charge in [-0.25, -0.2) is 0 Å². The van der Waals surface area contributed by atoms with Gasteiger partial charge in [-0.2, -0.15) is 0 Å². The number of aryl methyl sites for hydroxylation is 1. The van der Waals surface area contributed by atoms with Crippen LogP contribution in [0.3, 0.4) is 0 Å². The molecule has 2 aromatic carbocycles. The van der Waals surface area contributed by atoms with Gasteiger partial charge in [0, 0.05) is 35.2 Å². The zero-order valence-corrected chi connectivity index (χ0v) is 14.9. The number of carbonyl (C=O) groups excluding carboxylic acids is 2. The third kappa shape index (κ3) is 4.23. The summed E-state index contributed by atoms with van der Waals surface area (Å²) in [4.78, 5) is 25.8. The fourth-order valence-corrected chi connectivity index (χ4v) is 3.29. The van der Waals surface area contributed by atoms with Gasteiger partial charge < -0.3 is 10.2 Å². The van der Waals surface area contributed by atoms with Gasteiger partial charge in [-0.1, -0.05) is 34.1 Å². The molecule has 24 heavy (non-hydrogen) atoms. The van der Waals surface area contributed by atoms with Crippen molar-refractivity contribution in [2.75, 3.05) is 16.8 Å². The van der Waals surface area contributed by atoms with Crippen molar-refractivity contribution in [2.45, 2.75) is 25.7 Å². The highest BCUT2D eigenvalue weighted by Gasteiger charge is 2.21. The third-order valence-electron chi connectivity index (χ3n) is 4.04. The molecule has 1 N–H and O–H groups in total. The summed E-state index contributed by atoms with van der Waals surface area (Å²) in [5, 5.41) is 2.92. The van der Waals surface area contributed by atoms with Crippen molar-refractivity contribution in [3.63, 3.8) is 0 Å². The Hall–Kier alpha value is -2.14. The number of amides is 2. The number of anilines is 2. The Morgan fingerprint density at radius 2 is 2.00 bits per heavy atom. The molecular formula is C19H19BrN2O2. The number of hydrogen-bond donors (Lipinski definition) is 1. The number of hydrogen-bond acceptors (Lipinski definition) is 2. The predicted molar refractivity (Wildman–Crippen MR) is 99.1 cm³/mol. The van der Waals surface area contributed by atoms with Gasteiger partial charge in [0.1, 0.15) is 0 Å². The van der Waals surface area contributed by atoms with Crippen LogP contribution < -0.4 is 10.2 Å². The largest absolute Gasteiger partial charge is 0.326 e. The van der Waals surface area contributed by atoms with Crippen LogP contribution in [-0.4, -0.2) is 18.4 Å². The Kier molecular flexibility index (Phi) is 5.30. The molecule has 0 spiro atoms.